The van der Waals surface area contributed by atoms with Crippen LogP contribution in [0.5, 0.6) is 0 Å². The molecule has 0 saturated heterocycles. The average molecular weight is 615 g/mol. The molecule has 3 aromatic carbocycles. The molecule has 0 aliphatic rings. The zero-order valence-corrected chi connectivity index (χ0v) is 25.3. The summed E-state index contributed by atoms with van der Waals surface area (Å²) >= 11 is 3.48. The Bertz CT molecular complexity index is 1400. The lowest BCUT2D eigenvalue weighted by molar-refractivity contribution is -0.140. The maximum absolute atomic E-state index is 14.1. The van der Waals surface area contributed by atoms with Crippen molar-refractivity contribution in [3.8, 4) is 0 Å². The number of aryl methyl sites for hydroxylation is 1. The molecule has 7 nitrogen and oxygen atoms in total. The molecule has 208 valence electrons. The summed E-state index contributed by atoms with van der Waals surface area (Å²) in [5.41, 5.74) is 3.85. The van der Waals surface area contributed by atoms with Crippen LogP contribution in [0.4, 0.5) is 5.69 Å². The zero-order valence-electron chi connectivity index (χ0n) is 22.9. The van der Waals surface area contributed by atoms with E-state index in [0.29, 0.717) is 18.7 Å². The van der Waals surface area contributed by atoms with Crippen LogP contribution in [-0.2, 0) is 32.6 Å². The van der Waals surface area contributed by atoms with Crippen molar-refractivity contribution in [3.05, 3.63) is 99.5 Å². The Balaban J connectivity index is 2.07. The first kappa shape index (κ1) is 30.4. The number of amides is 2. The zero-order chi connectivity index (χ0) is 28.6. The molecule has 2 amide bonds. The van der Waals surface area contributed by atoms with Gasteiger partial charge < -0.3 is 10.2 Å². The Hall–Kier alpha value is -3.17. The van der Waals surface area contributed by atoms with E-state index in [-0.39, 0.29) is 12.5 Å². The summed E-state index contributed by atoms with van der Waals surface area (Å²) in [4.78, 5) is 29.1. The van der Waals surface area contributed by atoms with Crippen molar-refractivity contribution < 1.29 is 18.0 Å². The molecule has 0 spiro atoms. The van der Waals surface area contributed by atoms with Crippen LogP contribution < -0.4 is 9.62 Å². The summed E-state index contributed by atoms with van der Waals surface area (Å²) in [6.07, 6.45) is 2.13. The van der Waals surface area contributed by atoms with Gasteiger partial charge in [0, 0.05) is 24.0 Å². The number of sulfonamides is 1. The summed E-state index contributed by atoms with van der Waals surface area (Å²) in [6.45, 7) is 5.88. The van der Waals surface area contributed by atoms with Crippen LogP contribution in [0.15, 0.2) is 77.3 Å². The first-order chi connectivity index (χ1) is 18.5. The highest BCUT2D eigenvalue weighted by Crippen LogP contribution is 2.26. The van der Waals surface area contributed by atoms with Crippen molar-refractivity contribution >= 4 is 43.5 Å². The van der Waals surface area contributed by atoms with Gasteiger partial charge in [0.05, 0.1) is 11.9 Å². The number of halogens is 1. The normalized spacial score (nSPS) is 12.0. The van der Waals surface area contributed by atoms with Crippen LogP contribution in [-0.4, -0.2) is 50.5 Å². The Morgan fingerprint density at radius 2 is 1.62 bits per heavy atom. The number of carbonyl (C=O) groups excluding carboxylic acids is 2. The average Bonchev–Trinajstić information content (AvgIpc) is 2.89. The molecular weight excluding hydrogens is 578 g/mol. The van der Waals surface area contributed by atoms with Crippen molar-refractivity contribution in [2.75, 3.05) is 23.7 Å². The second-order valence-corrected chi connectivity index (χ2v) is 12.5. The smallest absolute Gasteiger partial charge is 0.244 e. The molecule has 3 aromatic rings. The fraction of sp³-hybridized carbons (Fsp3) is 0.333. The highest BCUT2D eigenvalue weighted by molar-refractivity contribution is 9.10. The van der Waals surface area contributed by atoms with Gasteiger partial charge in [-0.15, -0.1) is 0 Å². The van der Waals surface area contributed by atoms with Crippen molar-refractivity contribution in [3.63, 3.8) is 0 Å². The molecule has 0 aliphatic heterocycles. The molecule has 1 atom stereocenters. The lowest BCUT2D eigenvalue weighted by Gasteiger charge is -2.34. The Kier molecular flexibility index (Phi) is 10.7. The van der Waals surface area contributed by atoms with E-state index in [1.807, 2.05) is 81.4 Å². The Morgan fingerprint density at radius 3 is 2.26 bits per heavy atom. The topological polar surface area (TPSA) is 86.8 Å². The maximum Gasteiger partial charge on any atom is 0.244 e. The SMILES string of the molecule is CCCNC(=O)[C@@H](Cc1ccccc1)N(Cc1cccc(Br)c1)C(=O)CN(c1cccc(C)c1C)S(C)(=O)=O. The molecule has 0 bridgehead atoms. The van der Waals surface area contributed by atoms with Gasteiger partial charge in [0.25, 0.3) is 0 Å². The first-order valence-electron chi connectivity index (χ1n) is 12.9. The van der Waals surface area contributed by atoms with Crippen LogP contribution in [0.1, 0.15) is 35.6 Å². The molecule has 3 rings (SSSR count). The third-order valence-corrected chi connectivity index (χ3v) is 8.21. The monoisotopic (exact) mass is 613 g/mol. The molecule has 0 heterocycles. The third-order valence-electron chi connectivity index (χ3n) is 6.59. The van der Waals surface area contributed by atoms with Crippen molar-refractivity contribution in [2.45, 2.75) is 46.2 Å². The molecule has 0 radical (unpaired) electrons. The minimum Gasteiger partial charge on any atom is -0.354 e. The summed E-state index contributed by atoms with van der Waals surface area (Å²) in [5, 5.41) is 2.94. The number of hydrogen-bond donors (Lipinski definition) is 1. The minimum atomic E-state index is -3.81. The highest BCUT2D eigenvalue weighted by atomic mass is 79.9. The number of nitrogens with one attached hydrogen (secondary N) is 1. The van der Waals surface area contributed by atoms with Crippen LogP contribution in [0.2, 0.25) is 0 Å². The van der Waals surface area contributed by atoms with Gasteiger partial charge in [-0.25, -0.2) is 8.42 Å². The fourth-order valence-corrected chi connectivity index (χ4v) is 5.70. The predicted molar refractivity (Wildman–Crippen MR) is 160 cm³/mol. The second kappa shape index (κ2) is 13.8. The summed E-state index contributed by atoms with van der Waals surface area (Å²) in [6, 6.07) is 21.6. The molecule has 1 N–H and O–H groups in total. The molecule has 9 heteroatoms. The number of rotatable bonds is 12. The van der Waals surface area contributed by atoms with Crippen LogP contribution in [0.25, 0.3) is 0 Å². The van der Waals surface area contributed by atoms with Crippen molar-refractivity contribution in [1.29, 1.82) is 0 Å². The fourth-order valence-electron chi connectivity index (χ4n) is 4.35. The highest BCUT2D eigenvalue weighted by Gasteiger charge is 2.33. The Labute approximate surface area is 240 Å². The van der Waals surface area contributed by atoms with Crippen LogP contribution >= 0.6 is 15.9 Å². The van der Waals surface area contributed by atoms with E-state index >= 15 is 0 Å². The molecule has 0 fully saturated rings. The third kappa shape index (κ3) is 8.41. The Morgan fingerprint density at radius 1 is 0.949 bits per heavy atom. The van der Waals surface area contributed by atoms with Gasteiger partial charge in [-0.05, 0) is 60.7 Å². The van der Waals surface area contributed by atoms with Crippen LogP contribution in [0, 0.1) is 13.8 Å². The van der Waals surface area contributed by atoms with E-state index < -0.39 is 28.5 Å². The summed E-state index contributed by atoms with van der Waals surface area (Å²) in [7, 11) is -3.81. The van der Waals surface area contributed by atoms with Gasteiger partial charge >= 0.3 is 0 Å². The van der Waals surface area contributed by atoms with Crippen molar-refractivity contribution in [1.82, 2.24) is 10.2 Å². The lowest BCUT2D eigenvalue weighted by Crippen LogP contribution is -2.53. The van der Waals surface area contributed by atoms with E-state index in [4.69, 9.17) is 0 Å². The van der Waals surface area contributed by atoms with Gasteiger partial charge in [0.2, 0.25) is 21.8 Å². The van der Waals surface area contributed by atoms with E-state index in [9.17, 15) is 18.0 Å². The lowest BCUT2D eigenvalue weighted by atomic mass is 10.0. The van der Waals surface area contributed by atoms with E-state index in [0.717, 1.165) is 43.7 Å². The van der Waals surface area contributed by atoms with E-state index in [1.165, 1.54) is 4.90 Å². The van der Waals surface area contributed by atoms with E-state index in [2.05, 4.69) is 21.2 Å². The summed E-state index contributed by atoms with van der Waals surface area (Å²) in [5.74, 6) is -0.740. The van der Waals surface area contributed by atoms with Gasteiger partial charge in [0.15, 0.2) is 0 Å². The van der Waals surface area contributed by atoms with Crippen LogP contribution in [0.3, 0.4) is 0 Å². The minimum absolute atomic E-state index is 0.139. The van der Waals surface area contributed by atoms with Crippen molar-refractivity contribution in [2.24, 2.45) is 0 Å². The summed E-state index contributed by atoms with van der Waals surface area (Å²) < 4.78 is 27.9. The molecular formula is C30H36BrN3O4S. The van der Waals surface area contributed by atoms with Gasteiger partial charge in [-0.1, -0.05) is 77.5 Å². The largest absolute Gasteiger partial charge is 0.354 e. The quantitative estimate of drug-likeness (QED) is 0.311. The molecule has 0 unspecified atom stereocenters. The number of benzene rings is 3. The van der Waals surface area contributed by atoms with Gasteiger partial charge in [0.1, 0.15) is 12.6 Å². The first-order valence-corrected chi connectivity index (χ1v) is 15.5. The number of hydrogen-bond acceptors (Lipinski definition) is 4. The van der Waals surface area contributed by atoms with E-state index in [1.54, 1.807) is 12.1 Å². The van der Waals surface area contributed by atoms with Gasteiger partial charge in [-0.2, -0.15) is 0 Å². The number of nitrogens with zero attached hydrogens (tertiary/aromatic N) is 2. The molecule has 0 aromatic heterocycles. The number of carbonyl (C=O) groups is 2. The maximum atomic E-state index is 14.1. The molecule has 39 heavy (non-hydrogen) atoms. The molecule has 0 saturated carbocycles. The number of anilines is 1. The molecule has 0 aliphatic carbocycles. The second-order valence-electron chi connectivity index (χ2n) is 9.64. The predicted octanol–water partition coefficient (Wildman–Crippen LogP) is 5.00. The van der Waals surface area contributed by atoms with Gasteiger partial charge in [-0.3, -0.25) is 13.9 Å². The standard InChI is InChI=1S/C30H36BrN3O4S/c1-5-17-32-30(36)28(19-24-12-7-6-8-13-24)33(20-25-14-10-15-26(31)18-25)29(35)21-34(39(4,37)38)27-16-9-11-22(2)23(27)3/h6-16,18,28H,5,17,19-21H2,1-4H3,(H,32,36)/t28-/m1/s1.